The van der Waals surface area contributed by atoms with Crippen LogP contribution in [0, 0.1) is 5.82 Å². The van der Waals surface area contributed by atoms with Crippen LogP contribution in [0.3, 0.4) is 0 Å². The molecule has 0 N–H and O–H groups in total. The Kier molecular flexibility index (Phi) is 8.55. The number of nitrogens with zero attached hydrogens (tertiary/aromatic N) is 3. The summed E-state index contributed by atoms with van der Waals surface area (Å²) in [5.41, 5.74) is 4.14. The predicted octanol–water partition coefficient (Wildman–Crippen LogP) is 5.55. The Morgan fingerprint density at radius 3 is 2.47 bits per heavy atom. The smallest absolute Gasteiger partial charge is 0.253 e. The second-order valence-electron chi connectivity index (χ2n) is 10.3. The Hall–Kier alpha value is -3.03. The molecule has 0 aliphatic carbocycles. The van der Waals surface area contributed by atoms with Gasteiger partial charge in [-0.3, -0.25) is 14.5 Å². The van der Waals surface area contributed by atoms with Gasteiger partial charge in [-0.1, -0.05) is 37.6 Å². The molecular formula is C31H36FN3O2S. The van der Waals surface area contributed by atoms with E-state index in [9.17, 15) is 14.0 Å². The van der Waals surface area contributed by atoms with Crippen LogP contribution in [0.2, 0.25) is 0 Å². The first kappa shape index (κ1) is 26.6. The van der Waals surface area contributed by atoms with Gasteiger partial charge in [-0.05, 0) is 71.7 Å². The van der Waals surface area contributed by atoms with E-state index in [1.807, 2.05) is 28.0 Å². The fourth-order valence-electron chi connectivity index (χ4n) is 5.61. The van der Waals surface area contributed by atoms with E-state index in [2.05, 4.69) is 35.4 Å². The number of carbonyl (C=O) groups is 2. The molecule has 1 saturated heterocycles. The maximum atomic E-state index is 14.1. The molecule has 2 aliphatic rings. The van der Waals surface area contributed by atoms with Crippen molar-refractivity contribution in [3.05, 3.63) is 92.9 Å². The summed E-state index contributed by atoms with van der Waals surface area (Å²) in [6.45, 7) is 5.87. The van der Waals surface area contributed by atoms with Crippen molar-refractivity contribution in [2.45, 2.75) is 45.1 Å². The quantitative estimate of drug-likeness (QED) is 0.381. The molecule has 5 nitrogen and oxygen atoms in total. The number of rotatable bonds is 8. The van der Waals surface area contributed by atoms with E-state index in [-0.39, 0.29) is 23.7 Å². The Labute approximate surface area is 228 Å². The van der Waals surface area contributed by atoms with Crippen molar-refractivity contribution in [3.63, 3.8) is 0 Å². The van der Waals surface area contributed by atoms with Gasteiger partial charge in [0.2, 0.25) is 5.91 Å². The molecule has 5 rings (SSSR count). The normalized spacial score (nSPS) is 17.9. The van der Waals surface area contributed by atoms with Crippen LogP contribution in [0.15, 0.2) is 60.0 Å². The van der Waals surface area contributed by atoms with Crippen molar-refractivity contribution in [1.29, 1.82) is 0 Å². The van der Waals surface area contributed by atoms with Gasteiger partial charge >= 0.3 is 0 Å². The monoisotopic (exact) mass is 533 g/mol. The van der Waals surface area contributed by atoms with E-state index < -0.39 is 0 Å². The molecule has 0 saturated carbocycles. The van der Waals surface area contributed by atoms with Crippen molar-refractivity contribution < 1.29 is 14.0 Å². The maximum absolute atomic E-state index is 14.1. The van der Waals surface area contributed by atoms with Crippen LogP contribution in [0.4, 0.5) is 4.39 Å². The first-order valence-corrected chi connectivity index (χ1v) is 14.6. The minimum absolute atomic E-state index is 0.0312. The standard InChI is InChI=1S/C31H36FN3O2S/c1-2-3-5-23-8-10-24(11-9-23)31(37)35-19-17-33(18-20-35)29(36)13-16-34-15-12-28-27(14-21-38-28)30(34)25-6-4-7-26(32)22-25/h4,6-11,14,21-22,30H,2-3,5,12-13,15-20H2,1H3/t30-/m0/s1. The van der Waals surface area contributed by atoms with Crippen molar-refractivity contribution in [1.82, 2.24) is 14.7 Å². The van der Waals surface area contributed by atoms with E-state index in [1.54, 1.807) is 23.5 Å². The summed E-state index contributed by atoms with van der Waals surface area (Å²) in [4.78, 5) is 33.5. The summed E-state index contributed by atoms with van der Waals surface area (Å²) >= 11 is 1.75. The zero-order chi connectivity index (χ0) is 26.5. The number of unbranched alkanes of at least 4 members (excludes halogenated alkanes) is 1. The highest BCUT2D eigenvalue weighted by molar-refractivity contribution is 7.10. The minimum atomic E-state index is -0.235. The highest BCUT2D eigenvalue weighted by Gasteiger charge is 2.31. The Morgan fingerprint density at radius 2 is 1.74 bits per heavy atom. The molecular weight excluding hydrogens is 497 g/mol. The van der Waals surface area contributed by atoms with Crippen molar-refractivity contribution in [2.24, 2.45) is 0 Å². The predicted molar refractivity (Wildman–Crippen MR) is 150 cm³/mol. The molecule has 2 aliphatic heterocycles. The Balaban J connectivity index is 1.15. The van der Waals surface area contributed by atoms with Crippen LogP contribution >= 0.6 is 11.3 Å². The Morgan fingerprint density at radius 1 is 0.974 bits per heavy atom. The number of carbonyl (C=O) groups excluding carboxylic acids is 2. The molecule has 1 atom stereocenters. The zero-order valence-corrected chi connectivity index (χ0v) is 22.9. The van der Waals surface area contributed by atoms with Gasteiger partial charge in [0.25, 0.3) is 5.91 Å². The lowest BCUT2D eigenvalue weighted by Gasteiger charge is -2.38. The average molecular weight is 534 g/mol. The highest BCUT2D eigenvalue weighted by atomic mass is 32.1. The van der Waals surface area contributed by atoms with Gasteiger partial charge in [-0.25, -0.2) is 4.39 Å². The Bertz CT molecular complexity index is 1250. The number of piperazine rings is 1. The number of hydrogen-bond acceptors (Lipinski definition) is 4. The molecule has 0 unspecified atom stereocenters. The van der Waals surface area contributed by atoms with Crippen LogP contribution in [0.25, 0.3) is 0 Å². The maximum Gasteiger partial charge on any atom is 0.253 e. The van der Waals surface area contributed by atoms with E-state index in [0.717, 1.165) is 37.8 Å². The van der Waals surface area contributed by atoms with Crippen LogP contribution in [-0.2, 0) is 17.6 Å². The van der Waals surface area contributed by atoms with E-state index in [4.69, 9.17) is 0 Å². The van der Waals surface area contributed by atoms with Gasteiger partial charge in [0, 0.05) is 56.1 Å². The van der Waals surface area contributed by atoms with Gasteiger partial charge in [0.05, 0.1) is 6.04 Å². The molecule has 7 heteroatoms. The largest absolute Gasteiger partial charge is 0.339 e. The van der Waals surface area contributed by atoms with Crippen molar-refractivity contribution >= 4 is 23.2 Å². The van der Waals surface area contributed by atoms with Gasteiger partial charge in [0.1, 0.15) is 5.82 Å². The number of benzene rings is 2. The summed E-state index contributed by atoms with van der Waals surface area (Å²) in [6, 6.07) is 16.9. The van der Waals surface area contributed by atoms with E-state index >= 15 is 0 Å². The highest BCUT2D eigenvalue weighted by Crippen LogP contribution is 2.38. The third-order valence-electron chi connectivity index (χ3n) is 7.78. The lowest BCUT2D eigenvalue weighted by Crippen LogP contribution is -2.51. The van der Waals surface area contributed by atoms with E-state index in [1.165, 1.54) is 22.1 Å². The number of hydrogen-bond donors (Lipinski definition) is 0. The average Bonchev–Trinajstić information content (AvgIpc) is 3.43. The van der Waals surface area contributed by atoms with Gasteiger partial charge < -0.3 is 9.80 Å². The number of thiophene rings is 1. The fraction of sp³-hybridized carbons (Fsp3) is 0.419. The molecule has 0 bridgehead atoms. The van der Waals surface area contributed by atoms with Gasteiger partial charge in [-0.15, -0.1) is 11.3 Å². The third-order valence-corrected chi connectivity index (χ3v) is 8.78. The summed E-state index contributed by atoms with van der Waals surface area (Å²) in [7, 11) is 0. The van der Waals surface area contributed by atoms with Crippen molar-refractivity contribution in [3.8, 4) is 0 Å². The lowest BCUT2D eigenvalue weighted by atomic mass is 9.93. The van der Waals surface area contributed by atoms with Crippen LogP contribution in [-0.4, -0.2) is 65.8 Å². The zero-order valence-electron chi connectivity index (χ0n) is 22.1. The van der Waals surface area contributed by atoms with Crippen LogP contribution in [0.5, 0.6) is 0 Å². The van der Waals surface area contributed by atoms with Gasteiger partial charge in [0.15, 0.2) is 0 Å². The van der Waals surface area contributed by atoms with Gasteiger partial charge in [-0.2, -0.15) is 0 Å². The van der Waals surface area contributed by atoms with Crippen LogP contribution in [0.1, 0.15) is 64.2 Å². The first-order chi connectivity index (χ1) is 18.5. The molecule has 2 aromatic carbocycles. The molecule has 1 aromatic heterocycles. The lowest BCUT2D eigenvalue weighted by molar-refractivity contribution is -0.133. The fourth-order valence-corrected chi connectivity index (χ4v) is 6.51. The molecule has 200 valence electrons. The second kappa shape index (κ2) is 12.2. The summed E-state index contributed by atoms with van der Waals surface area (Å²) in [5.74, 6) is -0.0795. The molecule has 0 spiro atoms. The summed E-state index contributed by atoms with van der Waals surface area (Å²) in [5, 5.41) is 2.10. The summed E-state index contributed by atoms with van der Waals surface area (Å²) < 4.78 is 14.1. The topological polar surface area (TPSA) is 43.9 Å². The summed E-state index contributed by atoms with van der Waals surface area (Å²) in [6.07, 6.45) is 4.72. The number of amides is 2. The molecule has 3 heterocycles. The third kappa shape index (κ3) is 6.00. The molecule has 0 radical (unpaired) electrons. The SMILES string of the molecule is CCCCc1ccc(C(=O)N2CCN(C(=O)CCN3CCc4sccc4[C@@H]3c3cccc(F)c3)CC2)cc1. The number of halogens is 1. The second-order valence-corrected chi connectivity index (χ2v) is 11.3. The van der Waals surface area contributed by atoms with E-state index in [0.29, 0.717) is 44.7 Å². The van der Waals surface area contributed by atoms with Crippen molar-refractivity contribution in [2.75, 3.05) is 39.3 Å². The molecule has 1 fully saturated rings. The minimum Gasteiger partial charge on any atom is -0.339 e. The molecule has 2 amide bonds. The van der Waals surface area contributed by atoms with Crippen LogP contribution < -0.4 is 0 Å². The number of aryl methyl sites for hydroxylation is 1. The molecule has 38 heavy (non-hydrogen) atoms. The molecule has 3 aromatic rings. The number of fused-ring (bicyclic) bond motifs is 1. The first-order valence-electron chi connectivity index (χ1n) is 13.7.